The summed E-state index contributed by atoms with van der Waals surface area (Å²) in [5.41, 5.74) is 5.36. The molecule has 1 aliphatic heterocycles. The van der Waals surface area contributed by atoms with Gasteiger partial charge in [-0.15, -0.1) is 0 Å². The Bertz CT molecular complexity index is 1300. The van der Waals surface area contributed by atoms with Gasteiger partial charge in [-0.2, -0.15) is 4.99 Å². The van der Waals surface area contributed by atoms with Crippen molar-refractivity contribution in [1.29, 1.82) is 0 Å². The van der Waals surface area contributed by atoms with Crippen LogP contribution in [0, 0.1) is 5.92 Å². The fraction of sp³-hybridized carbons (Fsp3) is 0.345. The molecule has 0 amide bonds. The standard InChI is InChI=1S/C29H31N3O3S/c1-5-31(6-2)20-10-13-23-26(16-20)35-27-17-21(32(7-3)8-4)11-14-24(27)28(23)22-12-9-19(30-18-36)15-25(22)29(33)34/h9-17,23,26H,5-8H2,1-4H3/p+1. The summed E-state index contributed by atoms with van der Waals surface area (Å²) in [6, 6.07) is 5.17. The van der Waals surface area contributed by atoms with Crippen LogP contribution < -0.4 is 0 Å². The molecule has 3 aliphatic rings. The van der Waals surface area contributed by atoms with Crippen LogP contribution in [0.3, 0.4) is 0 Å². The first kappa shape index (κ1) is 25.5. The Kier molecular flexibility index (Phi) is 7.82. The molecule has 0 saturated heterocycles. The maximum absolute atomic E-state index is 12.4. The van der Waals surface area contributed by atoms with E-state index in [0.717, 1.165) is 54.5 Å². The normalized spacial score (nSPS) is 19.9. The van der Waals surface area contributed by atoms with E-state index in [2.05, 4.69) is 83.8 Å². The molecule has 0 bridgehead atoms. The number of aromatic carboxylic acids is 1. The number of likely N-dealkylation sites (N-methyl/N-ethyl adjacent to an activating group) is 1. The second kappa shape index (κ2) is 11.0. The number of fused-ring (bicyclic) bond motifs is 2. The molecule has 1 N–H and O–H groups in total. The molecule has 186 valence electrons. The van der Waals surface area contributed by atoms with Gasteiger partial charge in [-0.05, 0) is 81.4 Å². The zero-order valence-corrected chi connectivity index (χ0v) is 22.0. The van der Waals surface area contributed by atoms with E-state index in [0.29, 0.717) is 11.3 Å². The number of rotatable bonds is 8. The fourth-order valence-corrected chi connectivity index (χ4v) is 5.25. The Hall–Kier alpha value is -3.54. The minimum absolute atomic E-state index is 0.130. The number of thiocarbonyl (C=S) groups is 1. The molecule has 2 aliphatic carbocycles. The molecule has 2 unspecified atom stereocenters. The Morgan fingerprint density at radius 2 is 1.92 bits per heavy atom. The van der Waals surface area contributed by atoms with Crippen molar-refractivity contribution >= 4 is 40.3 Å². The van der Waals surface area contributed by atoms with Crippen LogP contribution in [-0.4, -0.2) is 63.7 Å². The van der Waals surface area contributed by atoms with Gasteiger partial charge in [-0.25, -0.2) is 9.37 Å². The quantitative estimate of drug-likeness (QED) is 0.284. The highest BCUT2D eigenvalue weighted by Crippen LogP contribution is 2.45. The Morgan fingerprint density at radius 3 is 2.56 bits per heavy atom. The van der Waals surface area contributed by atoms with Crippen LogP contribution in [0.15, 0.2) is 76.7 Å². The van der Waals surface area contributed by atoms with Crippen LogP contribution in [0.2, 0.25) is 0 Å². The number of ether oxygens (including phenoxy) is 1. The lowest BCUT2D eigenvalue weighted by Crippen LogP contribution is -2.34. The highest BCUT2D eigenvalue weighted by molar-refractivity contribution is 7.78. The number of carboxylic acids is 1. The maximum Gasteiger partial charge on any atom is 0.336 e. The largest absolute Gasteiger partial charge is 0.484 e. The lowest BCUT2D eigenvalue weighted by Gasteiger charge is -2.38. The summed E-state index contributed by atoms with van der Waals surface area (Å²) in [7, 11) is 0. The van der Waals surface area contributed by atoms with E-state index in [9.17, 15) is 9.90 Å². The number of carbonyl (C=O) groups is 1. The number of hydrogen-bond acceptors (Lipinski definition) is 5. The lowest BCUT2D eigenvalue weighted by atomic mass is 9.77. The average molecular weight is 503 g/mol. The van der Waals surface area contributed by atoms with Crippen LogP contribution >= 0.6 is 12.2 Å². The maximum atomic E-state index is 12.4. The molecule has 6 nitrogen and oxygen atoms in total. The van der Waals surface area contributed by atoms with Crippen molar-refractivity contribution in [1.82, 2.24) is 4.90 Å². The molecule has 2 atom stereocenters. The third-order valence-electron chi connectivity index (χ3n) is 6.97. The summed E-state index contributed by atoms with van der Waals surface area (Å²) in [5.74, 6) is -0.380. The minimum Gasteiger partial charge on any atom is -0.484 e. The van der Waals surface area contributed by atoms with Gasteiger partial charge in [0.2, 0.25) is 5.71 Å². The molecule has 1 heterocycles. The Balaban J connectivity index is 1.94. The molecule has 4 rings (SSSR count). The van der Waals surface area contributed by atoms with Crippen molar-refractivity contribution in [2.75, 3.05) is 26.2 Å². The number of allylic oxidation sites excluding steroid dienone is 4. The zero-order chi connectivity index (χ0) is 25.8. The van der Waals surface area contributed by atoms with Crippen LogP contribution in [0.5, 0.6) is 0 Å². The van der Waals surface area contributed by atoms with E-state index in [4.69, 9.17) is 17.0 Å². The first-order valence-electron chi connectivity index (χ1n) is 12.5. The number of carboxylic acid groups (broad SMARTS) is 1. The SMILES string of the molecule is CCN(CC)C1=CC2OC3=CC(=[N+](CC)CC)C=CC3=C(c3ccc(N=C=S)cc3C(=O)O)C2C=C1. The predicted octanol–water partition coefficient (Wildman–Crippen LogP) is 5.63. The van der Waals surface area contributed by atoms with Crippen LogP contribution in [0.1, 0.15) is 43.6 Å². The van der Waals surface area contributed by atoms with Crippen LogP contribution in [0.25, 0.3) is 5.57 Å². The van der Waals surface area contributed by atoms with Crippen molar-refractivity contribution < 1.29 is 19.2 Å². The minimum atomic E-state index is -1.01. The van der Waals surface area contributed by atoms with Crippen LogP contribution in [-0.2, 0) is 4.74 Å². The van der Waals surface area contributed by atoms with E-state index >= 15 is 0 Å². The van der Waals surface area contributed by atoms with Gasteiger partial charge in [0.25, 0.3) is 0 Å². The first-order valence-corrected chi connectivity index (χ1v) is 12.9. The highest BCUT2D eigenvalue weighted by atomic mass is 32.1. The smallest absolute Gasteiger partial charge is 0.336 e. The van der Waals surface area contributed by atoms with E-state index < -0.39 is 5.97 Å². The van der Waals surface area contributed by atoms with Crippen molar-refractivity contribution in [3.63, 3.8) is 0 Å². The zero-order valence-electron chi connectivity index (χ0n) is 21.2. The molecular formula is C29H32N3O3S+. The average Bonchev–Trinajstić information content (AvgIpc) is 2.89. The monoisotopic (exact) mass is 502 g/mol. The summed E-state index contributed by atoms with van der Waals surface area (Å²) in [5, 5.41) is 12.4. The highest BCUT2D eigenvalue weighted by Gasteiger charge is 2.38. The number of hydrogen-bond donors (Lipinski definition) is 1. The van der Waals surface area contributed by atoms with Gasteiger partial charge in [-0.3, -0.25) is 0 Å². The molecule has 7 heteroatoms. The van der Waals surface area contributed by atoms with Crippen LogP contribution in [0.4, 0.5) is 5.69 Å². The van der Waals surface area contributed by atoms with Gasteiger partial charge in [0.15, 0.2) is 0 Å². The van der Waals surface area contributed by atoms with Gasteiger partial charge in [0, 0.05) is 36.4 Å². The van der Waals surface area contributed by atoms with Gasteiger partial charge in [0.05, 0.1) is 22.5 Å². The van der Waals surface area contributed by atoms with Crippen molar-refractivity contribution in [2.24, 2.45) is 10.9 Å². The summed E-state index contributed by atoms with van der Waals surface area (Å²) in [6.45, 7) is 12.1. The molecule has 0 spiro atoms. The summed E-state index contributed by atoms with van der Waals surface area (Å²) < 4.78 is 8.88. The molecule has 1 aromatic rings. The fourth-order valence-electron chi connectivity index (χ4n) is 5.14. The first-order chi connectivity index (χ1) is 17.4. The van der Waals surface area contributed by atoms with Gasteiger partial charge in [0.1, 0.15) is 25.0 Å². The van der Waals surface area contributed by atoms with E-state index in [-0.39, 0.29) is 17.6 Å². The van der Waals surface area contributed by atoms with Crippen molar-refractivity contribution in [2.45, 2.75) is 33.8 Å². The second-order valence-electron chi connectivity index (χ2n) is 8.74. The third-order valence-corrected chi connectivity index (χ3v) is 7.06. The third kappa shape index (κ3) is 4.77. The van der Waals surface area contributed by atoms with E-state index in [1.54, 1.807) is 12.1 Å². The topological polar surface area (TPSA) is 65.1 Å². The molecule has 0 fully saturated rings. The number of aliphatic imine (C=N–C) groups is 1. The molecular weight excluding hydrogens is 470 g/mol. The summed E-state index contributed by atoms with van der Waals surface area (Å²) in [6.07, 6.45) is 12.4. The van der Waals surface area contributed by atoms with Crippen molar-refractivity contribution in [3.05, 3.63) is 82.8 Å². The Morgan fingerprint density at radius 1 is 1.17 bits per heavy atom. The van der Waals surface area contributed by atoms with E-state index in [1.165, 1.54) is 0 Å². The summed E-state index contributed by atoms with van der Waals surface area (Å²) in [4.78, 5) is 18.6. The number of isothiocyanates is 1. The molecule has 0 aromatic heterocycles. The van der Waals surface area contributed by atoms with Gasteiger partial charge < -0.3 is 14.7 Å². The second-order valence-corrected chi connectivity index (χ2v) is 8.92. The Labute approximate surface area is 218 Å². The number of nitrogens with zero attached hydrogens (tertiary/aromatic N) is 3. The lowest BCUT2D eigenvalue weighted by molar-refractivity contribution is -0.519. The van der Waals surface area contributed by atoms with E-state index in [1.807, 2.05) is 6.07 Å². The van der Waals surface area contributed by atoms with Gasteiger partial charge in [-0.1, -0.05) is 12.1 Å². The summed E-state index contributed by atoms with van der Waals surface area (Å²) >= 11 is 4.72. The van der Waals surface area contributed by atoms with Crippen molar-refractivity contribution in [3.8, 4) is 0 Å². The molecule has 36 heavy (non-hydrogen) atoms. The predicted molar refractivity (Wildman–Crippen MR) is 147 cm³/mol. The van der Waals surface area contributed by atoms with Gasteiger partial charge >= 0.3 is 5.97 Å². The number of benzene rings is 1. The molecule has 0 radical (unpaired) electrons. The molecule has 1 aromatic carbocycles. The molecule has 0 saturated carbocycles.